The van der Waals surface area contributed by atoms with E-state index in [1.165, 1.54) is 18.6 Å². The van der Waals surface area contributed by atoms with Crippen molar-refractivity contribution in [3.63, 3.8) is 0 Å². The predicted octanol–water partition coefficient (Wildman–Crippen LogP) is 1.53. The van der Waals surface area contributed by atoms with Gasteiger partial charge >= 0.3 is 11.8 Å². The summed E-state index contributed by atoms with van der Waals surface area (Å²) in [5.41, 5.74) is -1.85. The second-order valence-electron chi connectivity index (χ2n) is 4.47. The molecule has 3 rings (SSSR count). The number of halogens is 2. The van der Waals surface area contributed by atoms with Crippen molar-refractivity contribution >= 4 is 0 Å². The van der Waals surface area contributed by atoms with Gasteiger partial charge in [-0.15, -0.1) is 0 Å². The molecule has 0 atom stereocenters. The number of rotatable bonds is 3. The van der Waals surface area contributed by atoms with Crippen LogP contribution >= 0.6 is 0 Å². The molecule has 0 bridgehead atoms. The molecular weight excluding hydrogens is 258 g/mol. The SMILES string of the molecule is OC1(C(F)(F)c2nc(-c3cnccn3)no2)CCC1. The second-order valence-corrected chi connectivity index (χ2v) is 4.47. The molecule has 0 aromatic carbocycles. The van der Waals surface area contributed by atoms with E-state index in [4.69, 9.17) is 0 Å². The molecule has 1 N–H and O–H groups in total. The van der Waals surface area contributed by atoms with Gasteiger partial charge in [-0.05, 0) is 19.3 Å². The van der Waals surface area contributed by atoms with Crippen LogP contribution in [0.1, 0.15) is 25.2 Å². The van der Waals surface area contributed by atoms with Gasteiger partial charge < -0.3 is 9.63 Å². The fourth-order valence-corrected chi connectivity index (χ4v) is 1.89. The summed E-state index contributed by atoms with van der Waals surface area (Å²) in [5.74, 6) is -4.53. The molecule has 2 heterocycles. The lowest BCUT2D eigenvalue weighted by atomic mass is 9.75. The van der Waals surface area contributed by atoms with Crippen molar-refractivity contribution in [2.24, 2.45) is 0 Å². The molecule has 6 nitrogen and oxygen atoms in total. The Bertz CT molecular complexity index is 583. The van der Waals surface area contributed by atoms with Crippen LogP contribution in [-0.4, -0.2) is 30.8 Å². The van der Waals surface area contributed by atoms with Gasteiger partial charge in [0.25, 0.3) is 0 Å². The molecule has 0 spiro atoms. The zero-order valence-electron chi connectivity index (χ0n) is 9.75. The van der Waals surface area contributed by atoms with Gasteiger partial charge in [-0.2, -0.15) is 13.8 Å². The quantitative estimate of drug-likeness (QED) is 0.908. The zero-order chi connectivity index (χ0) is 13.5. The normalized spacial score (nSPS) is 18.1. The van der Waals surface area contributed by atoms with Gasteiger partial charge in [0, 0.05) is 12.4 Å². The molecule has 0 amide bonds. The molecule has 8 heteroatoms. The van der Waals surface area contributed by atoms with Crippen LogP contribution in [0.2, 0.25) is 0 Å². The summed E-state index contributed by atoms with van der Waals surface area (Å²) in [6.07, 6.45) is 4.76. The maximum atomic E-state index is 14.0. The Morgan fingerprint density at radius 2 is 2.11 bits per heavy atom. The highest BCUT2D eigenvalue weighted by atomic mass is 19.3. The monoisotopic (exact) mass is 268 g/mol. The Labute approximate surface area is 106 Å². The van der Waals surface area contributed by atoms with Crippen molar-refractivity contribution in [2.45, 2.75) is 30.8 Å². The molecule has 0 saturated heterocycles. The standard InChI is InChI=1S/C11H10F2N4O2/c12-11(13,10(18)2-1-3-10)9-16-8(17-19-9)7-6-14-4-5-15-7/h4-6,18H,1-3H2. The lowest BCUT2D eigenvalue weighted by Gasteiger charge is -2.40. The molecule has 1 aliphatic carbocycles. The van der Waals surface area contributed by atoms with Crippen molar-refractivity contribution < 1.29 is 18.4 Å². The minimum Gasteiger partial charge on any atom is -0.383 e. The van der Waals surface area contributed by atoms with Gasteiger partial charge in [-0.1, -0.05) is 5.16 Å². The molecule has 1 aliphatic rings. The van der Waals surface area contributed by atoms with Gasteiger partial charge in [-0.25, -0.2) is 4.98 Å². The molecule has 100 valence electrons. The smallest absolute Gasteiger partial charge is 0.352 e. The summed E-state index contributed by atoms with van der Waals surface area (Å²) in [6.45, 7) is 0. The van der Waals surface area contributed by atoms with Crippen molar-refractivity contribution in [3.8, 4) is 11.5 Å². The number of nitrogens with zero attached hydrogens (tertiary/aromatic N) is 4. The highest BCUT2D eigenvalue weighted by Crippen LogP contribution is 2.49. The molecular formula is C11H10F2N4O2. The van der Waals surface area contributed by atoms with Crippen LogP contribution in [0.15, 0.2) is 23.1 Å². The first-order valence-electron chi connectivity index (χ1n) is 5.74. The number of aromatic nitrogens is 4. The van der Waals surface area contributed by atoms with E-state index in [0.717, 1.165) is 0 Å². The third kappa shape index (κ3) is 1.79. The first kappa shape index (κ1) is 12.1. The molecule has 19 heavy (non-hydrogen) atoms. The third-order valence-electron chi connectivity index (χ3n) is 3.25. The maximum absolute atomic E-state index is 14.0. The lowest BCUT2D eigenvalue weighted by Crippen LogP contribution is -2.51. The van der Waals surface area contributed by atoms with E-state index in [2.05, 4.69) is 24.6 Å². The summed E-state index contributed by atoms with van der Waals surface area (Å²) in [7, 11) is 0. The van der Waals surface area contributed by atoms with Gasteiger partial charge in [0.1, 0.15) is 11.3 Å². The van der Waals surface area contributed by atoms with Crippen LogP contribution < -0.4 is 0 Å². The van der Waals surface area contributed by atoms with E-state index < -0.39 is 17.4 Å². The van der Waals surface area contributed by atoms with E-state index >= 15 is 0 Å². The van der Waals surface area contributed by atoms with E-state index in [-0.39, 0.29) is 24.4 Å². The van der Waals surface area contributed by atoms with Crippen LogP contribution in [-0.2, 0) is 5.92 Å². The number of hydrogen-bond acceptors (Lipinski definition) is 6. The van der Waals surface area contributed by atoms with E-state index in [0.29, 0.717) is 6.42 Å². The minimum atomic E-state index is -3.56. The van der Waals surface area contributed by atoms with Crippen LogP contribution in [0.4, 0.5) is 8.78 Å². The number of hydrogen-bond donors (Lipinski definition) is 1. The lowest BCUT2D eigenvalue weighted by molar-refractivity contribution is -0.235. The van der Waals surface area contributed by atoms with Crippen molar-refractivity contribution in [1.82, 2.24) is 20.1 Å². The zero-order valence-corrected chi connectivity index (χ0v) is 9.75. The summed E-state index contributed by atoms with van der Waals surface area (Å²) >= 11 is 0. The van der Waals surface area contributed by atoms with Gasteiger partial charge in [-0.3, -0.25) is 4.98 Å². The van der Waals surface area contributed by atoms with Crippen molar-refractivity contribution in [1.29, 1.82) is 0 Å². The van der Waals surface area contributed by atoms with Gasteiger partial charge in [0.15, 0.2) is 0 Å². The summed E-state index contributed by atoms with van der Waals surface area (Å²) in [6, 6.07) is 0. The minimum absolute atomic E-state index is 0.0167. The molecule has 1 saturated carbocycles. The van der Waals surface area contributed by atoms with Crippen LogP contribution in [0, 0.1) is 0 Å². The highest BCUT2D eigenvalue weighted by molar-refractivity contribution is 5.45. The van der Waals surface area contributed by atoms with Gasteiger partial charge in [0.2, 0.25) is 5.82 Å². The van der Waals surface area contributed by atoms with E-state index in [9.17, 15) is 13.9 Å². The Kier molecular flexibility index (Phi) is 2.56. The Morgan fingerprint density at radius 3 is 2.68 bits per heavy atom. The van der Waals surface area contributed by atoms with Crippen LogP contribution in [0.3, 0.4) is 0 Å². The van der Waals surface area contributed by atoms with E-state index in [1.807, 2.05) is 0 Å². The Morgan fingerprint density at radius 1 is 1.32 bits per heavy atom. The average Bonchev–Trinajstić information content (AvgIpc) is 2.87. The van der Waals surface area contributed by atoms with Gasteiger partial charge in [0.05, 0.1) is 6.20 Å². The van der Waals surface area contributed by atoms with Crippen molar-refractivity contribution in [2.75, 3.05) is 0 Å². The Balaban J connectivity index is 1.93. The van der Waals surface area contributed by atoms with Crippen LogP contribution in [0.25, 0.3) is 11.5 Å². The Hall–Kier alpha value is -1.96. The number of aliphatic hydroxyl groups is 1. The first-order chi connectivity index (χ1) is 9.03. The highest BCUT2D eigenvalue weighted by Gasteiger charge is 2.60. The molecule has 2 aromatic heterocycles. The topological polar surface area (TPSA) is 84.9 Å². The summed E-state index contributed by atoms with van der Waals surface area (Å²) < 4.78 is 32.6. The summed E-state index contributed by atoms with van der Waals surface area (Å²) in [4.78, 5) is 11.3. The molecule has 1 fully saturated rings. The van der Waals surface area contributed by atoms with Crippen molar-refractivity contribution in [3.05, 3.63) is 24.5 Å². The van der Waals surface area contributed by atoms with E-state index in [1.54, 1.807) is 0 Å². The second kappa shape index (κ2) is 4.02. The molecule has 0 unspecified atom stereocenters. The molecule has 2 aromatic rings. The third-order valence-corrected chi connectivity index (χ3v) is 3.25. The fourth-order valence-electron chi connectivity index (χ4n) is 1.89. The predicted molar refractivity (Wildman–Crippen MR) is 58.0 cm³/mol. The first-order valence-corrected chi connectivity index (χ1v) is 5.74. The largest absolute Gasteiger partial charge is 0.383 e. The molecule has 0 aliphatic heterocycles. The summed E-state index contributed by atoms with van der Waals surface area (Å²) in [5, 5.41) is 13.2. The maximum Gasteiger partial charge on any atom is 0.352 e. The number of alkyl halides is 2. The van der Waals surface area contributed by atoms with Crippen LogP contribution in [0.5, 0.6) is 0 Å². The fraction of sp³-hybridized carbons (Fsp3) is 0.455. The molecule has 0 radical (unpaired) electrons. The average molecular weight is 268 g/mol.